The minimum absolute atomic E-state index is 0.0157. The Labute approximate surface area is 290 Å². The Kier molecular flexibility index (Phi) is 13.3. The van der Waals surface area contributed by atoms with E-state index in [0.29, 0.717) is 34.0 Å². The second-order valence-corrected chi connectivity index (χ2v) is 14.1. The van der Waals surface area contributed by atoms with Crippen molar-refractivity contribution < 1.29 is 22.7 Å². The minimum atomic E-state index is -4.22. The van der Waals surface area contributed by atoms with Crippen molar-refractivity contribution >= 4 is 55.1 Å². The van der Waals surface area contributed by atoms with E-state index in [4.69, 9.17) is 16.3 Å². The Morgan fingerprint density at radius 3 is 2.21 bits per heavy atom. The van der Waals surface area contributed by atoms with E-state index in [-0.39, 0.29) is 29.5 Å². The summed E-state index contributed by atoms with van der Waals surface area (Å²) in [5, 5.41) is 3.47. The molecule has 0 unspecified atom stereocenters. The van der Waals surface area contributed by atoms with Gasteiger partial charge in [0.25, 0.3) is 10.0 Å². The number of amides is 2. The molecule has 0 aliphatic carbocycles. The van der Waals surface area contributed by atoms with Crippen LogP contribution in [0, 0.1) is 0 Å². The molecule has 0 saturated heterocycles. The number of ether oxygens (including phenoxy) is 1. The number of carbonyl (C=O) groups is 2. The van der Waals surface area contributed by atoms with Crippen molar-refractivity contribution in [1.82, 2.24) is 10.2 Å². The number of sulfonamides is 1. The molecular weight excluding hydrogens is 702 g/mol. The lowest BCUT2D eigenvalue weighted by atomic mass is 10.0. The molecule has 0 aromatic heterocycles. The van der Waals surface area contributed by atoms with Crippen LogP contribution in [-0.2, 0) is 32.6 Å². The Morgan fingerprint density at radius 1 is 0.894 bits per heavy atom. The Morgan fingerprint density at radius 2 is 1.57 bits per heavy atom. The van der Waals surface area contributed by atoms with Crippen molar-refractivity contribution in [3.8, 4) is 5.75 Å². The van der Waals surface area contributed by atoms with Crippen molar-refractivity contribution in [1.29, 1.82) is 0 Å². The molecule has 47 heavy (non-hydrogen) atoms. The molecule has 248 valence electrons. The minimum Gasteiger partial charge on any atom is -0.494 e. The highest BCUT2D eigenvalue weighted by Crippen LogP contribution is 2.28. The first-order valence-corrected chi connectivity index (χ1v) is 18.1. The summed E-state index contributed by atoms with van der Waals surface area (Å²) in [4.78, 5) is 29.9. The van der Waals surface area contributed by atoms with Crippen LogP contribution in [0.4, 0.5) is 5.69 Å². The summed E-state index contributed by atoms with van der Waals surface area (Å²) in [5.41, 5.74) is 1.84. The Bertz CT molecular complexity index is 1720. The van der Waals surface area contributed by atoms with E-state index in [9.17, 15) is 18.0 Å². The van der Waals surface area contributed by atoms with Crippen molar-refractivity contribution in [2.75, 3.05) is 24.0 Å². The van der Waals surface area contributed by atoms with Gasteiger partial charge in [0.15, 0.2) is 0 Å². The van der Waals surface area contributed by atoms with Crippen molar-refractivity contribution in [2.24, 2.45) is 0 Å². The number of anilines is 1. The van der Waals surface area contributed by atoms with Gasteiger partial charge in [-0.3, -0.25) is 13.9 Å². The first-order valence-electron chi connectivity index (χ1n) is 15.5. The number of hydrogen-bond donors (Lipinski definition) is 1. The fourth-order valence-corrected chi connectivity index (χ4v) is 6.92. The van der Waals surface area contributed by atoms with Crippen molar-refractivity contribution in [2.45, 2.75) is 50.6 Å². The van der Waals surface area contributed by atoms with E-state index in [1.54, 1.807) is 54.6 Å². The van der Waals surface area contributed by atoms with Crippen LogP contribution >= 0.6 is 27.5 Å². The molecule has 1 atom stereocenters. The zero-order chi connectivity index (χ0) is 33.8. The molecule has 0 bridgehead atoms. The fraction of sp³-hybridized carbons (Fsp3) is 0.278. The standard InChI is InChI=1S/C36H39BrClN3O5S/c1-3-5-22-39-36(43)34(24-27-10-7-6-8-11-27)40(25-28-12-9-13-30(38)23-28)35(42)26-41(31-16-18-32(19-17-31)46-4-2)47(44,45)33-20-14-29(37)15-21-33/h6-21,23,34H,3-5,22,24-26H2,1-2H3,(H,39,43)/t34-/m1/s1. The third-order valence-electron chi connectivity index (χ3n) is 7.46. The molecule has 11 heteroatoms. The number of carbonyl (C=O) groups excluding carboxylic acids is 2. The predicted octanol–water partition coefficient (Wildman–Crippen LogP) is 7.25. The topological polar surface area (TPSA) is 96.0 Å². The number of halogens is 2. The summed E-state index contributed by atoms with van der Waals surface area (Å²) in [6.45, 7) is 4.27. The molecule has 0 heterocycles. The molecule has 0 aliphatic heterocycles. The molecule has 4 aromatic carbocycles. The van der Waals surface area contributed by atoms with E-state index in [1.165, 1.54) is 17.0 Å². The predicted molar refractivity (Wildman–Crippen MR) is 190 cm³/mol. The number of unbranched alkanes of at least 4 members (excludes halogenated alkanes) is 1. The van der Waals surface area contributed by atoms with Gasteiger partial charge in [-0.2, -0.15) is 0 Å². The lowest BCUT2D eigenvalue weighted by Gasteiger charge is -2.34. The van der Waals surface area contributed by atoms with Crippen LogP contribution in [-0.4, -0.2) is 50.9 Å². The maximum Gasteiger partial charge on any atom is 0.264 e. The summed E-state index contributed by atoms with van der Waals surface area (Å²) in [6, 6.07) is 28.3. The largest absolute Gasteiger partial charge is 0.494 e. The van der Waals surface area contributed by atoms with Gasteiger partial charge in [0.2, 0.25) is 11.8 Å². The van der Waals surface area contributed by atoms with E-state index < -0.39 is 28.5 Å². The number of rotatable bonds is 16. The Hall–Kier alpha value is -3.86. The van der Waals surface area contributed by atoms with E-state index in [2.05, 4.69) is 21.2 Å². The second kappa shape index (κ2) is 17.3. The average molecular weight is 741 g/mol. The van der Waals surface area contributed by atoms with Gasteiger partial charge in [0, 0.05) is 29.0 Å². The molecule has 2 amide bonds. The molecule has 1 N–H and O–H groups in total. The maximum atomic E-state index is 14.6. The van der Waals surface area contributed by atoms with Crippen molar-refractivity contribution in [3.05, 3.63) is 124 Å². The first-order chi connectivity index (χ1) is 22.6. The van der Waals surface area contributed by atoms with Gasteiger partial charge in [0.05, 0.1) is 17.2 Å². The molecule has 0 fully saturated rings. The van der Waals surface area contributed by atoms with Crippen LogP contribution < -0.4 is 14.4 Å². The monoisotopic (exact) mass is 739 g/mol. The Balaban J connectivity index is 1.79. The average Bonchev–Trinajstić information content (AvgIpc) is 3.06. The van der Waals surface area contributed by atoms with Gasteiger partial charge in [-0.25, -0.2) is 8.42 Å². The smallest absolute Gasteiger partial charge is 0.264 e. The molecule has 0 spiro atoms. The van der Waals surface area contributed by atoms with Crippen LogP contribution in [0.2, 0.25) is 5.02 Å². The number of nitrogens with one attached hydrogen (secondary N) is 1. The highest BCUT2D eigenvalue weighted by atomic mass is 79.9. The summed E-state index contributed by atoms with van der Waals surface area (Å²) < 4.78 is 35.8. The zero-order valence-corrected chi connectivity index (χ0v) is 29.6. The number of hydrogen-bond acceptors (Lipinski definition) is 5. The molecule has 0 radical (unpaired) electrons. The summed E-state index contributed by atoms with van der Waals surface area (Å²) >= 11 is 9.68. The van der Waals surface area contributed by atoms with Crippen molar-refractivity contribution in [3.63, 3.8) is 0 Å². The first kappa shape index (κ1) is 36.0. The highest BCUT2D eigenvalue weighted by Gasteiger charge is 2.34. The molecule has 8 nitrogen and oxygen atoms in total. The van der Waals surface area contributed by atoms with Gasteiger partial charge < -0.3 is 15.0 Å². The quantitative estimate of drug-likeness (QED) is 0.122. The maximum absolute atomic E-state index is 14.6. The van der Waals surface area contributed by atoms with Gasteiger partial charge >= 0.3 is 0 Å². The lowest BCUT2D eigenvalue weighted by molar-refractivity contribution is -0.140. The summed E-state index contributed by atoms with van der Waals surface area (Å²) in [6.07, 6.45) is 1.90. The fourth-order valence-electron chi connectivity index (χ4n) is 5.03. The zero-order valence-electron chi connectivity index (χ0n) is 26.4. The molecule has 4 rings (SSSR count). The molecule has 0 saturated carbocycles. The summed E-state index contributed by atoms with van der Waals surface area (Å²) in [7, 11) is -4.22. The van der Waals surface area contributed by atoms with Crippen LogP contribution in [0.5, 0.6) is 5.75 Å². The SMILES string of the molecule is CCCCNC(=O)[C@@H](Cc1ccccc1)N(Cc1cccc(Cl)c1)C(=O)CN(c1ccc(OCC)cc1)S(=O)(=O)c1ccc(Br)cc1. The lowest BCUT2D eigenvalue weighted by Crippen LogP contribution is -2.53. The van der Waals surface area contributed by atoms with E-state index in [0.717, 1.165) is 22.7 Å². The van der Waals surface area contributed by atoms with Crippen LogP contribution in [0.15, 0.2) is 112 Å². The van der Waals surface area contributed by atoms with Gasteiger partial charge in [-0.15, -0.1) is 0 Å². The molecule has 0 aliphatic rings. The normalized spacial score (nSPS) is 11.8. The van der Waals surface area contributed by atoms with Gasteiger partial charge in [-0.05, 0) is 85.1 Å². The van der Waals surface area contributed by atoms with Gasteiger partial charge in [0.1, 0.15) is 18.3 Å². The third kappa shape index (κ3) is 10.1. The van der Waals surface area contributed by atoms with Crippen LogP contribution in [0.1, 0.15) is 37.8 Å². The number of nitrogens with zero attached hydrogens (tertiary/aromatic N) is 2. The molecular formula is C36H39BrClN3O5S. The number of benzene rings is 4. The van der Waals surface area contributed by atoms with Crippen LogP contribution in [0.25, 0.3) is 0 Å². The van der Waals surface area contributed by atoms with E-state index in [1.807, 2.05) is 50.2 Å². The molecule has 4 aromatic rings. The third-order valence-corrected chi connectivity index (χ3v) is 10.0. The van der Waals surface area contributed by atoms with Gasteiger partial charge in [-0.1, -0.05) is 83.3 Å². The van der Waals surface area contributed by atoms with E-state index >= 15 is 0 Å². The summed E-state index contributed by atoms with van der Waals surface area (Å²) in [5.74, 6) is -0.301. The highest BCUT2D eigenvalue weighted by molar-refractivity contribution is 9.10. The second-order valence-electron chi connectivity index (χ2n) is 10.9. The van der Waals surface area contributed by atoms with Crippen LogP contribution in [0.3, 0.4) is 0 Å².